The van der Waals surface area contributed by atoms with Crippen LogP contribution in [0.25, 0.3) is 0 Å². The number of ether oxygens (including phenoxy) is 1. The van der Waals surface area contributed by atoms with Crippen LogP contribution in [0, 0.1) is 0 Å². The van der Waals surface area contributed by atoms with Crippen molar-refractivity contribution < 1.29 is 22.7 Å². The van der Waals surface area contributed by atoms with E-state index in [0.717, 1.165) is 16.9 Å². The molecule has 2 heterocycles. The normalized spacial score (nSPS) is 13.3. The Balaban J connectivity index is 1.45. The second-order valence-electron chi connectivity index (χ2n) is 7.53. The Morgan fingerprint density at radius 1 is 1.15 bits per heavy atom. The molecule has 0 atom stereocenters. The van der Waals surface area contributed by atoms with Crippen molar-refractivity contribution in [2.24, 2.45) is 0 Å². The fourth-order valence-electron chi connectivity index (χ4n) is 3.58. The average molecular weight is 457 g/mol. The van der Waals surface area contributed by atoms with Gasteiger partial charge in [-0.2, -0.15) is 18.2 Å². The average Bonchev–Trinajstić information content (AvgIpc) is 2.81. The molecule has 0 spiro atoms. The molecule has 0 saturated carbocycles. The van der Waals surface area contributed by atoms with Crippen molar-refractivity contribution in [1.82, 2.24) is 15.3 Å². The Morgan fingerprint density at radius 2 is 2.00 bits per heavy atom. The summed E-state index contributed by atoms with van der Waals surface area (Å²) in [6, 6.07) is 13.8. The van der Waals surface area contributed by atoms with E-state index < -0.39 is 12.8 Å². The number of hydrogen-bond donors (Lipinski definition) is 2. The summed E-state index contributed by atoms with van der Waals surface area (Å²) in [4.78, 5) is 22.8. The summed E-state index contributed by atoms with van der Waals surface area (Å²) >= 11 is 0. The van der Waals surface area contributed by atoms with Crippen molar-refractivity contribution in [3.8, 4) is 5.75 Å². The first kappa shape index (κ1) is 22.4. The van der Waals surface area contributed by atoms with Gasteiger partial charge in [0.1, 0.15) is 11.6 Å². The zero-order chi connectivity index (χ0) is 23.4. The first-order valence-electron chi connectivity index (χ1n) is 10.3. The maximum absolute atomic E-state index is 12.4. The van der Waals surface area contributed by atoms with Gasteiger partial charge in [0.05, 0.1) is 0 Å². The van der Waals surface area contributed by atoms with E-state index in [2.05, 4.69) is 25.5 Å². The molecule has 1 aliphatic rings. The Labute approximate surface area is 188 Å². The molecule has 0 saturated heterocycles. The highest BCUT2D eigenvalue weighted by Crippen LogP contribution is 2.28. The largest absolute Gasteiger partial charge is 0.484 e. The summed E-state index contributed by atoms with van der Waals surface area (Å²) in [7, 11) is 1.57. The lowest BCUT2D eigenvalue weighted by molar-refractivity contribution is -0.153. The summed E-state index contributed by atoms with van der Waals surface area (Å²) in [5, 5.41) is 5.71. The minimum absolute atomic E-state index is 0.188. The molecule has 7 nitrogen and oxygen atoms in total. The number of amides is 1. The number of hydrogen-bond acceptors (Lipinski definition) is 6. The maximum Gasteiger partial charge on any atom is 0.422 e. The molecule has 0 aliphatic carbocycles. The summed E-state index contributed by atoms with van der Waals surface area (Å²) in [5.41, 5.74) is 3.17. The van der Waals surface area contributed by atoms with Crippen molar-refractivity contribution >= 4 is 23.4 Å². The number of halogens is 3. The van der Waals surface area contributed by atoms with Crippen LogP contribution in [0.2, 0.25) is 0 Å². The highest BCUT2D eigenvalue weighted by Gasteiger charge is 2.28. The van der Waals surface area contributed by atoms with E-state index in [1.807, 2.05) is 6.07 Å². The van der Waals surface area contributed by atoms with E-state index in [0.29, 0.717) is 36.7 Å². The Kier molecular flexibility index (Phi) is 6.34. The standard InChI is InChI=1S/C23H22F3N5O2/c1-27-21(32)16-3-2-4-18(11-16)29-22-28-9-7-20(30-22)31-10-8-15-12-19(6-5-17(15)13-31)33-14-23(24,25)26/h2-7,9,11-12H,8,10,13-14H2,1H3,(H,27,32)(H,28,29,30). The Hall–Kier alpha value is -3.82. The van der Waals surface area contributed by atoms with Crippen LogP contribution in [0.1, 0.15) is 21.5 Å². The zero-order valence-corrected chi connectivity index (χ0v) is 17.8. The molecule has 0 bridgehead atoms. The molecule has 3 aromatic rings. The van der Waals surface area contributed by atoms with Crippen LogP contribution in [0.4, 0.5) is 30.6 Å². The molecule has 33 heavy (non-hydrogen) atoms. The first-order valence-corrected chi connectivity index (χ1v) is 10.3. The summed E-state index contributed by atoms with van der Waals surface area (Å²) in [6.07, 6.45) is -2.06. The van der Waals surface area contributed by atoms with Gasteiger partial charge >= 0.3 is 6.18 Å². The molecule has 4 rings (SSSR count). The number of alkyl halides is 3. The van der Waals surface area contributed by atoms with Crippen LogP contribution in [0.15, 0.2) is 54.7 Å². The van der Waals surface area contributed by atoms with Crippen molar-refractivity contribution in [3.05, 3.63) is 71.4 Å². The van der Waals surface area contributed by atoms with Crippen LogP contribution in [0.3, 0.4) is 0 Å². The predicted octanol–water partition coefficient (Wildman–Crippen LogP) is 4.08. The van der Waals surface area contributed by atoms with E-state index in [9.17, 15) is 18.0 Å². The number of anilines is 3. The lowest BCUT2D eigenvalue weighted by Crippen LogP contribution is -2.31. The molecular formula is C23H22F3N5O2. The van der Waals surface area contributed by atoms with Crippen molar-refractivity contribution in [3.63, 3.8) is 0 Å². The van der Waals surface area contributed by atoms with Crippen LogP contribution in [-0.4, -0.2) is 42.3 Å². The van der Waals surface area contributed by atoms with E-state index in [1.54, 1.807) is 55.7 Å². The molecule has 0 unspecified atom stereocenters. The first-order chi connectivity index (χ1) is 15.8. The van der Waals surface area contributed by atoms with Gasteiger partial charge < -0.3 is 20.3 Å². The molecule has 2 N–H and O–H groups in total. The highest BCUT2D eigenvalue weighted by molar-refractivity contribution is 5.95. The van der Waals surface area contributed by atoms with Crippen LogP contribution >= 0.6 is 0 Å². The van der Waals surface area contributed by atoms with Gasteiger partial charge in [0.15, 0.2) is 6.61 Å². The Bertz CT molecular complexity index is 1150. The third-order valence-electron chi connectivity index (χ3n) is 5.17. The fraction of sp³-hybridized carbons (Fsp3) is 0.261. The smallest absolute Gasteiger partial charge is 0.422 e. The number of nitrogens with one attached hydrogen (secondary N) is 2. The van der Waals surface area contributed by atoms with Gasteiger partial charge in [0.2, 0.25) is 5.95 Å². The van der Waals surface area contributed by atoms with Gasteiger partial charge in [0, 0.05) is 37.6 Å². The SMILES string of the molecule is CNC(=O)c1cccc(Nc2nccc(N3CCc4cc(OCC(F)(F)F)ccc4C3)n2)c1. The molecule has 0 radical (unpaired) electrons. The van der Waals surface area contributed by atoms with Gasteiger partial charge in [-0.05, 0) is 53.9 Å². The summed E-state index contributed by atoms with van der Waals surface area (Å²) < 4.78 is 42.0. The van der Waals surface area contributed by atoms with E-state index in [1.165, 1.54) is 0 Å². The zero-order valence-electron chi connectivity index (χ0n) is 17.8. The van der Waals surface area contributed by atoms with Crippen LogP contribution in [0.5, 0.6) is 5.75 Å². The minimum Gasteiger partial charge on any atom is -0.484 e. The van der Waals surface area contributed by atoms with E-state index in [-0.39, 0.29) is 11.7 Å². The predicted molar refractivity (Wildman–Crippen MR) is 118 cm³/mol. The second kappa shape index (κ2) is 9.35. The molecule has 2 aromatic carbocycles. The number of fused-ring (bicyclic) bond motifs is 1. The number of rotatable bonds is 6. The number of carbonyl (C=O) groups excluding carboxylic acids is 1. The van der Waals surface area contributed by atoms with Gasteiger partial charge in [-0.3, -0.25) is 4.79 Å². The number of aromatic nitrogens is 2. The molecule has 0 fully saturated rings. The third kappa shape index (κ3) is 5.71. The monoisotopic (exact) mass is 457 g/mol. The Morgan fingerprint density at radius 3 is 2.79 bits per heavy atom. The van der Waals surface area contributed by atoms with Crippen molar-refractivity contribution in [1.29, 1.82) is 0 Å². The van der Waals surface area contributed by atoms with Crippen LogP contribution in [-0.2, 0) is 13.0 Å². The lowest BCUT2D eigenvalue weighted by Gasteiger charge is -2.30. The van der Waals surface area contributed by atoms with Gasteiger partial charge in [-0.15, -0.1) is 0 Å². The molecular weight excluding hydrogens is 435 g/mol. The second-order valence-corrected chi connectivity index (χ2v) is 7.53. The van der Waals surface area contributed by atoms with Crippen molar-refractivity contribution in [2.75, 3.05) is 30.4 Å². The van der Waals surface area contributed by atoms with Crippen LogP contribution < -0.4 is 20.3 Å². The topological polar surface area (TPSA) is 79.4 Å². The summed E-state index contributed by atoms with van der Waals surface area (Å²) in [6.45, 7) is -0.0868. The summed E-state index contributed by atoms with van der Waals surface area (Å²) in [5.74, 6) is 1.14. The van der Waals surface area contributed by atoms with Gasteiger partial charge in [-0.1, -0.05) is 12.1 Å². The third-order valence-corrected chi connectivity index (χ3v) is 5.17. The van der Waals surface area contributed by atoms with E-state index >= 15 is 0 Å². The molecule has 1 aromatic heterocycles. The quantitative estimate of drug-likeness (QED) is 0.581. The maximum atomic E-state index is 12.4. The van der Waals surface area contributed by atoms with E-state index in [4.69, 9.17) is 4.74 Å². The molecule has 172 valence electrons. The lowest BCUT2D eigenvalue weighted by atomic mass is 9.99. The molecule has 1 aliphatic heterocycles. The number of carbonyl (C=O) groups is 1. The number of benzene rings is 2. The molecule has 10 heteroatoms. The molecule has 1 amide bonds. The number of nitrogens with zero attached hydrogens (tertiary/aromatic N) is 3. The highest BCUT2D eigenvalue weighted by atomic mass is 19.4. The van der Waals surface area contributed by atoms with Crippen molar-refractivity contribution in [2.45, 2.75) is 19.1 Å². The fourth-order valence-corrected chi connectivity index (χ4v) is 3.58. The minimum atomic E-state index is -4.37. The van der Waals surface area contributed by atoms with Gasteiger partial charge in [-0.25, -0.2) is 4.98 Å². The van der Waals surface area contributed by atoms with Gasteiger partial charge in [0.25, 0.3) is 5.91 Å².